The van der Waals surface area contributed by atoms with Crippen molar-refractivity contribution in [2.45, 2.75) is 52.4 Å². The lowest BCUT2D eigenvalue weighted by Crippen LogP contribution is -2.44. The van der Waals surface area contributed by atoms with Crippen molar-refractivity contribution in [3.05, 3.63) is 82.4 Å². The van der Waals surface area contributed by atoms with Crippen molar-refractivity contribution in [1.29, 1.82) is 0 Å². The SMILES string of the molecule is CC(C)COC(=O)c1cccc(O)c1C(=O)c1c(O)cc(C(=O)O[C@@H]2CN(C(=O)OC(C)(C)C)C[C@H]2NC(=O)c2ccc(O)cc2)cc1O. The van der Waals surface area contributed by atoms with Crippen LogP contribution in [0.5, 0.6) is 23.0 Å². The molecule has 1 heterocycles. The van der Waals surface area contributed by atoms with E-state index in [-0.39, 0.29) is 48.1 Å². The van der Waals surface area contributed by atoms with Gasteiger partial charge in [0, 0.05) is 12.1 Å². The highest BCUT2D eigenvalue weighted by Crippen LogP contribution is 2.35. The van der Waals surface area contributed by atoms with Crippen molar-refractivity contribution in [2.24, 2.45) is 5.92 Å². The van der Waals surface area contributed by atoms with E-state index in [0.29, 0.717) is 0 Å². The van der Waals surface area contributed by atoms with Gasteiger partial charge >= 0.3 is 18.0 Å². The Balaban J connectivity index is 1.58. The van der Waals surface area contributed by atoms with E-state index >= 15 is 0 Å². The molecule has 1 aliphatic rings. The number of rotatable bonds is 9. The van der Waals surface area contributed by atoms with Crippen LogP contribution in [0.3, 0.4) is 0 Å². The summed E-state index contributed by atoms with van der Waals surface area (Å²) < 4.78 is 16.3. The monoisotopic (exact) mass is 678 g/mol. The molecule has 0 bridgehead atoms. The Hall–Kier alpha value is -5.79. The first-order valence-electron chi connectivity index (χ1n) is 15.3. The second-order valence-corrected chi connectivity index (χ2v) is 12.9. The summed E-state index contributed by atoms with van der Waals surface area (Å²) in [7, 11) is 0. The molecule has 1 aliphatic heterocycles. The minimum Gasteiger partial charge on any atom is -0.508 e. The molecule has 2 amide bonds. The molecular weight excluding hydrogens is 640 g/mol. The molecule has 0 saturated carbocycles. The minimum absolute atomic E-state index is 0.0174. The largest absolute Gasteiger partial charge is 0.508 e. The predicted octanol–water partition coefficient (Wildman–Crippen LogP) is 4.13. The number of nitrogens with zero attached hydrogens (tertiary/aromatic N) is 1. The van der Waals surface area contributed by atoms with Crippen LogP contribution in [0, 0.1) is 5.92 Å². The molecule has 4 rings (SSSR count). The molecule has 0 aromatic heterocycles. The zero-order valence-electron chi connectivity index (χ0n) is 27.6. The van der Waals surface area contributed by atoms with Crippen molar-refractivity contribution in [3.63, 3.8) is 0 Å². The summed E-state index contributed by atoms with van der Waals surface area (Å²) in [6.07, 6.45) is -1.84. The number of phenolic OH excluding ortho intramolecular Hbond substituents is 4. The van der Waals surface area contributed by atoms with Gasteiger partial charge in [-0.3, -0.25) is 9.59 Å². The molecule has 0 spiro atoms. The van der Waals surface area contributed by atoms with Crippen molar-refractivity contribution in [2.75, 3.05) is 19.7 Å². The van der Waals surface area contributed by atoms with Crippen LogP contribution in [0.2, 0.25) is 0 Å². The van der Waals surface area contributed by atoms with Crippen molar-refractivity contribution in [1.82, 2.24) is 10.2 Å². The van der Waals surface area contributed by atoms with Gasteiger partial charge < -0.3 is 44.9 Å². The number of likely N-dealkylation sites (tertiary alicyclic amines) is 1. The molecule has 0 radical (unpaired) electrons. The molecule has 0 unspecified atom stereocenters. The maximum absolute atomic E-state index is 13.5. The Morgan fingerprint density at radius 2 is 1.47 bits per heavy atom. The molecule has 3 aromatic carbocycles. The maximum Gasteiger partial charge on any atom is 0.410 e. The first-order chi connectivity index (χ1) is 22.9. The van der Waals surface area contributed by atoms with Gasteiger partial charge in [0.25, 0.3) is 5.91 Å². The first kappa shape index (κ1) is 36.1. The summed E-state index contributed by atoms with van der Waals surface area (Å²) in [5.41, 5.74) is -2.57. The number of carbonyl (C=O) groups excluding carboxylic acids is 5. The summed E-state index contributed by atoms with van der Waals surface area (Å²) in [6, 6.07) is 9.91. The predicted molar refractivity (Wildman–Crippen MR) is 173 cm³/mol. The van der Waals surface area contributed by atoms with E-state index in [1.807, 2.05) is 13.8 Å². The normalized spacial score (nSPS) is 15.8. The fourth-order valence-electron chi connectivity index (χ4n) is 4.93. The van der Waals surface area contributed by atoms with Crippen molar-refractivity contribution < 1.29 is 58.6 Å². The molecule has 14 nitrogen and oxygen atoms in total. The van der Waals surface area contributed by atoms with Crippen molar-refractivity contribution in [3.8, 4) is 23.0 Å². The summed E-state index contributed by atoms with van der Waals surface area (Å²) in [4.78, 5) is 66.6. The molecule has 2 atom stereocenters. The Morgan fingerprint density at radius 3 is 2.06 bits per heavy atom. The van der Waals surface area contributed by atoms with Gasteiger partial charge in [0.15, 0.2) is 0 Å². The lowest BCUT2D eigenvalue weighted by molar-refractivity contribution is 0.0177. The third kappa shape index (κ3) is 8.77. The van der Waals surface area contributed by atoms with Gasteiger partial charge in [-0.1, -0.05) is 19.9 Å². The molecule has 0 aliphatic carbocycles. The van der Waals surface area contributed by atoms with Crippen molar-refractivity contribution >= 4 is 29.7 Å². The number of carbonyl (C=O) groups is 5. The van der Waals surface area contributed by atoms with Gasteiger partial charge in [-0.15, -0.1) is 0 Å². The van der Waals surface area contributed by atoms with E-state index in [9.17, 15) is 44.4 Å². The number of nitrogens with one attached hydrogen (secondary N) is 1. The second kappa shape index (κ2) is 14.5. The van der Waals surface area contributed by atoms with Crippen LogP contribution in [0.15, 0.2) is 54.6 Å². The lowest BCUT2D eigenvalue weighted by Gasteiger charge is -2.24. The standard InChI is InChI=1S/C35H38N2O12/c1-18(2)17-47-33(45)22-7-6-8-24(39)28(22)30(42)29-25(40)13-20(14-26(29)41)32(44)48-27-16-37(34(46)49-35(3,4)5)15-23(27)36-31(43)19-9-11-21(38)12-10-19/h6-14,18,23,27,38-41H,15-17H2,1-5H3,(H,36,43)/t23-,27-/m1/s1. The summed E-state index contributed by atoms with van der Waals surface area (Å²) in [5, 5.41) is 44.4. The van der Waals surface area contributed by atoms with E-state index in [1.54, 1.807) is 20.8 Å². The topological polar surface area (TPSA) is 209 Å². The highest BCUT2D eigenvalue weighted by Gasteiger charge is 2.41. The van der Waals surface area contributed by atoms with Crippen LogP contribution in [0.1, 0.15) is 81.6 Å². The average molecular weight is 679 g/mol. The molecule has 1 fully saturated rings. The maximum atomic E-state index is 13.5. The van der Waals surface area contributed by atoms with Gasteiger partial charge in [-0.25, -0.2) is 14.4 Å². The van der Waals surface area contributed by atoms with Gasteiger partial charge in [0.1, 0.15) is 40.3 Å². The smallest absolute Gasteiger partial charge is 0.410 e. The number of hydrogen-bond acceptors (Lipinski definition) is 12. The number of esters is 2. The average Bonchev–Trinajstić information content (AvgIpc) is 3.40. The number of aromatic hydroxyl groups is 4. The van der Waals surface area contributed by atoms with Crippen LogP contribution in [-0.4, -0.2) is 92.5 Å². The zero-order valence-corrected chi connectivity index (χ0v) is 27.6. The fraction of sp³-hybridized carbons (Fsp3) is 0.343. The Kier molecular flexibility index (Phi) is 10.7. The molecule has 14 heteroatoms. The summed E-state index contributed by atoms with van der Waals surface area (Å²) >= 11 is 0. The third-order valence-electron chi connectivity index (χ3n) is 7.22. The molecule has 49 heavy (non-hydrogen) atoms. The van der Waals surface area contributed by atoms with Crippen LogP contribution in [-0.2, 0) is 14.2 Å². The van der Waals surface area contributed by atoms with Gasteiger partial charge in [-0.05, 0) is 75.2 Å². The number of phenols is 4. The zero-order chi connectivity index (χ0) is 36.2. The van der Waals surface area contributed by atoms with Gasteiger partial charge in [0.2, 0.25) is 5.78 Å². The van der Waals surface area contributed by atoms with Crippen LogP contribution >= 0.6 is 0 Å². The van der Waals surface area contributed by atoms with E-state index in [1.165, 1.54) is 41.3 Å². The Bertz CT molecular complexity index is 1740. The second-order valence-electron chi connectivity index (χ2n) is 12.9. The highest BCUT2D eigenvalue weighted by atomic mass is 16.6. The third-order valence-corrected chi connectivity index (χ3v) is 7.22. The Labute approximate surface area is 281 Å². The summed E-state index contributed by atoms with van der Waals surface area (Å²) in [5.74, 6) is -6.08. The van der Waals surface area contributed by atoms with Crippen LogP contribution < -0.4 is 5.32 Å². The minimum atomic E-state index is -1.12. The number of ketones is 1. The van der Waals surface area contributed by atoms with E-state index in [4.69, 9.17) is 14.2 Å². The van der Waals surface area contributed by atoms with Crippen LogP contribution in [0.25, 0.3) is 0 Å². The van der Waals surface area contributed by atoms with Gasteiger partial charge in [-0.2, -0.15) is 0 Å². The number of hydrogen-bond donors (Lipinski definition) is 5. The molecule has 3 aromatic rings. The van der Waals surface area contributed by atoms with Crippen LogP contribution in [0.4, 0.5) is 4.79 Å². The van der Waals surface area contributed by atoms with E-state index in [0.717, 1.165) is 18.2 Å². The molecule has 260 valence electrons. The fourth-order valence-corrected chi connectivity index (χ4v) is 4.93. The molecule has 5 N–H and O–H groups in total. The number of amides is 2. The van der Waals surface area contributed by atoms with E-state index in [2.05, 4.69) is 5.32 Å². The first-order valence-corrected chi connectivity index (χ1v) is 15.3. The quantitative estimate of drug-likeness (QED) is 0.123. The number of benzene rings is 3. The van der Waals surface area contributed by atoms with E-state index < -0.39 is 75.8 Å². The highest BCUT2D eigenvalue weighted by molar-refractivity contribution is 6.18. The lowest BCUT2D eigenvalue weighted by atomic mass is 9.95. The van der Waals surface area contributed by atoms with Gasteiger partial charge in [0.05, 0.1) is 35.9 Å². The summed E-state index contributed by atoms with van der Waals surface area (Å²) in [6.45, 7) is 8.40. The Morgan fingerprint density at radius 1 is 0.837 bits per heavy atom. The number of ether oxygens (including phenoxy) is 3. The molecular formula is C35H38N2O12. The molecule has 1 saturated heterocycles.